The van der Waals surface area contributed by atoms with Gasteiger partial charge in [-0.25, -0.2) is 9.97 Å². The number of aryl methyl sites for hydroxylation is 1. The number of nitrogens with two attached hydrogens (primary N) is 2. The molecule has 4 N–H and O–H groups in total. The Bertz CT molecular complexity index is 865. The van der Waals surface area contributed by atoms with Crippen LogP contribution in [0.25, 0.3) is 11.4 Å². The molecule has 10 heteroatoms. The molecule has 0 unspecified atom stereocenters. The van der Waals surface area contributed by atoms with Crippen LogP contribution in [0, 0.1) is 5.92 Å². The summed E-state index contributed by atoms with van der Waals surface area (Å²) in [5.41, 5.74) is 11.2. The summed E-state index contributed by atoms with van der Waals surface area (Å²) in [6.45, 7) is 0. The molecular formula is C18H24F3N7. The summed E-state index contributed by atoms with van der Waals surface area (Å²) < 4.78 is 42.6. The van der Waals surface area contributed by atoms with E-state index in [1.54, 1.807) is 7.05 Å². The van der Waals surface area contributed by atoms with E-state index in [-0.39, 0.29) is 23.3 Å². The number of alkyl halides is 3. The quantitative estimate of drug-likeness (QED) is 0.822. The molecule has 2 aliphatic rings. The lowest BCUT2D eigenvalue weighted by atomic mass is 9.79. The van der Waals surface area contributed by atoms with E-state index in [0.717, 1.165) is 19.0 Å². The standard InChI is InChI=1S/C18H24F3N7/c1-28-13(8-10-2-3-10)15(26-27-28)14-12(18(19,20)21)9-24-16(25-14)17(23)6-4-11(22)5-7-17/h9-11H,2-8,22-23H2,1H3. The third-order valence-corrected chi connectivity index (χ3v) is 5.81. The van der Waals surface area contributed by atoms with Crippen molar-refractivity contribution in [1.29, 1.82) is 0 Å². The summed E-state index contributed by atoms with van der Waals surface area (Å²) in [4.78, 5) is 8.33. The van der Waals surface area contributed by atoms with Crippen molar-refractivity contribution < 1.29 is 13.2 Å². The molecule has 28 heavy (non-hydrogen) atoms. The molecule has 2 aromatic rings. The molecule has 0 amide bonds. The molecule has 0 bridgehead atoms. The summed E-state index contributed by atoms with van der Waals surface area (Å²) in [6, 6.07) is 0.0516. The number of halogens is 3. The Balaban J connectivity index is 1.80. The van der Waals surface area contributed by atoms with Crippen molar-refractivity contribution in [3.63, 3.8) is 0 Å². The van der Waals surface area contributed by atoms with E-state index in [4.69, 9.17) is 11.5 Å². The number of nitrogens with zero attached hydrogens (tertiary/aromatic N) is 5. The summed E-state index contributed by atoms with van der Waals surface area (Å²) in [5.74, 6) is 0.678. The summed E-state index contributed by atoms with van der Waals surface area (Å²) in [5, 5.41) is 7.98. The SMILES string of the molecule is Cn1nnc(-c2nc(C3(N)CCC(N)CC3)ncc2C(F)(F)F)c1CC1CC1. The summed E-state index contributed by atoms with van der Waals surface area (Å²) in [6.07, 6.45) is 1.45. The van der Waals surface area contributed by atoms with E-state index < -0.39 is 17.3 Å². The highest BCUT2D eigenvalue weighted by molar-refractivity contribution is 5.62. The molecule has 0 spiro atoms. The van der Waals surface area contributed by atoms with Crippen LogP contribution in [0.1, 0.15) is 55.6 Å². The van der Waals surface area contributed by atoms with Crippen LogP contribution in [0.2, 0.25) is 0 Å². The highest BCUT2D eigenvalue weighted by Crippen LogP contribution is 2.40. The van der Waals surface area contributed by atoms with E-state index in [1.165, 1.54) is 4.68 Å². The van der Waals surface area contributed by atoms with Crippen molar-refractivity contribution in [3.8, 4) is 11.4 Å². The second kappa shape index (κ2) is 6.77. The van der Waals surface area contributed by atoms with Gasteiger partial charge in [-0.05, 0) is 50.9 Å². The molecule has 0 saturated heterocycles. The average molecular weight is 395 g/mol. The first-order valence-corrected chi connectivity index (χ1v) is 9.55. The molecule has 7 nitrogen and oxygen atoms in total. The molecular weight excluding hydrogens is 371 g/mol. The zero-order valence-electron chi connectivity index (χ0n) is 15.7. The highest BCUT2D eigenvalue weighted by atomic mass is 19.4. The molecule has 2 aromatic heterocycles. The predicted octanol–water partition coefficient (Wildman–Crippen LogP) is 2.30. The van der Waals surface area contributed by atoms with Crippen molar-refractivity contribution in [2.45, 2.75) is 62.7 Å². The van der Waals surface area contributed by atoms with Gasteiger partial charge in [0.25, 0.3) is 0 Å². The average Bonchev–Trinajstić information content (AvgIpc) is 3.39. The van der Waals surface area contributed by atoms with E-state index in [0.29, 0.717) is 43.7 Å². The molecule has 2 fully saturated rings. The lowest BCUT2D eigenvalue weighted by Gasteiger charge is -2.34. The van der Waals surface area contributed by atoms with Gasteiger partial charge in [-0.15, -0.1) is 5.10 Å². The van der Waals surface area contributed by atoms with Gasteiger partial charge in [0.15, 0.2) is 0 Å². The van der Waals surface area contributed by atoms with Crippen LogP contribution in [0.15, 0.2) is 6.20 Å². The van der Waals surface area contributed by atoms with E-state index >= 15 is 0 Å². The van der Waals surface area contributed by atoms with Crippen molar-refractivity contribution in [3.05, 3.63) is 23.3 Å². The van der Waals surface area contributed by atoms with Gasteiger partial charge in [0.05, 0.1) is 11.2 Å². The van der Waals surface area contributed by atoms with Crippen LogP contribution in [-0.2, 0) is 25.2 Å². The zero-order chi connectivity index (χ0) is 20.1. The van der Waals surface area contributed by atoms with Crippen LogP contribution in [0.4, 0.5) is 13.2 Å². The van der Waals surface area contributed by atoms with Gasteiger partial charge in [0, 0.05) is 19.3 Å². The minimum absolute atomic E-state index is 0.0516. The molecule has 0 aromatic carbocycles. The van der Waals surface area contributed by atoms with Gasteiger partial charge in [0.2, 0.25) is 0 Å². The van der Waals surface area contributed by atoms with Gasteiger partial charge in [-0.2, -0.15) is 13.2 Å². The molecule has 0 aliphatic heterocycles. The first-order valence-electron chi connectivity index (χ1n) is 9.55. The lowest BCUT2D eigenvalue weighted by molar-refractivity contribution is -0.137. The molecule has 4 rings (SSSR count). The van der Waals surface area contributed by atoms with E-state index in [9.17, 15) is 13.2 Å². The minimum Gasteiger partial charge on any atom is -0.328 e. The Morgan fingerprint density at radius 2 is 1.86 bits per heavy atom. The fraction of sp³-hybridized carbons (Fsp3) is 0.667. The second-order valence-electron chi connectivity index (χ2n) is 8.10. The normalized spacial score (nSPS) is 25.9. The molecule has 2 aliphatic carbocycles. The fourth-order valence-corrected chi connectivity index (χ4v) is 3.77. The highest BCUT2D eigenvalue weighted by Gasteiger charge is 2.40. The van der Waals surface area contributed by atoms with Gasteiger partial charge in [0.1, 0.15) is 22.8 Å². The first kappa shape index (κ1) is 19.3. The van der Waals surface area contributed by atoms with Crippen molar-refractivity contribution in [2.75, 3.05) is 0 Å². The van der Waals surface area contributed by atoms with Crippen LogP contribution in [0.5, 0.6) is 0 Å². The van der Waals surface area contributed by atoms with Crippen molar-refractivity contribution in [1.82, 2.24) is 25.0 Å². The van der Waals surface area contributed by atoms with E-state index in [1.807, 2.05) is 0 Å². The summed E-state index contributed by atoms with van der Waals surface area (Å²) in [7, 11) is 1.69. The molecule has 2 heterocycles. The zero-order valence-corrected chi connectivity index (χ0v) is 15.7. The van der Waals surface area contributed by atoms with Gasteiger partial charge in [-0.3, -0.25) is 4.68 Å². The molecule has 0 radical (unpaired) electrons. The van der Waals surface area contributed by atoms with Gasteiger partial charge >= 0.3 is 6.18 Å². The minimum atomic E-state index is -4.60. The maximum atomic E-state index is 13.7. The summed E-state index contributed by atoms with van der Waals surface area (Å²) >= 11 is 0. The number of aromatic nitrogens is 5. The van der Waals surface area contributed by atoms with Crippen LogP contribution in [-0.4, -0.2) is 31.0 Å². The molecule has 152 valence electrons. The Labute approximate surface area is 160 Å². The topological polar surface area (TPSA) is 109 Å². The predicted molar refractivity (Wildman–Crippen MR) is 95.8 cm³/mol. The Hall–Kier alpha value is -2.07. The van der Waals surface area contributed by atoms with Crippen molar-refractivity contribution in [2.24, 2.45) is 24.4 Å². The fourth-order valence-electron chi connectivity index (χ4n) is 3.77. The second-order valence-corrected chi connectivity index (χ2v) is 8.10. The van der Waals surface area contributed by atoms with E-state index in [2.05, 4.69) is 20.3 Å². The molecule has 2 saturated carbocycles. The van der Waals surface area contributed by atoms with Crippen LogP contribution in [0.3, 0.4) is 0 Å². The van der Waals surface area contributed by atoms with Crippen LogP contribution < -0.4 is 11.5 Å². The maximum absolute atomic E-state index is 13.7. The lowest BCUT2D eigenvalue weighted by Crippen LogP contribution is -2.45. The van der Waals surface area contributed by atoms with Crippen molar-refractivity contribution >= 4 is 0 Å². The van der Waals surface area contributed by atoms with Gasteiger partial charge in [-0.1, -0.05) is 5.21 Å². The van der Waals surface area contributed by atoms with Crippen LogP contribution >= 0.6 is 0 Å². The number of rotatable bonds is 4. The Kier molecular flexibility index (Phi) is 4.65. The largest absolute Gasteiger partial charge is 0.420 e. The maximum Gasteiger partial charge on any atom is 0.420 e. The molecule has 0 atom stereocenters. The number of hydrogen-bond acceptors (Lipinski definition) is 6. The van der Waals surface area contributed by atoms with Gasteiger partial charge < -0.3 is 11.5 Å². The Morgan fingerprint density at radius 3 is 2.46 bits per heavy atom. The smallest absolute Gasteiger partial charge is 0.328 e. The monoisotopic (exact) mass is 395 g/mol. The number of hydrogen-bond donors (Lipinski definition) is 2. The Morgan fingerprint density at radius 1 is 1.18 bits per heavy atom. The third-order valence-electron chi connectivity index (χ3n) is 5.81. The first-order chi connectivity index (χ1) is 13.2. The third kappa shape index (κ3) is 3.62.